The average Bonchev–Trinajstić information content (AvgIpc) is 1.57. The lowest BCUT2D eigenvalue weighted by Crippen LogP contribution is -2.52. The normalized spacial score (nSPS) is 19.2. The van der Waals surface area contributed by atoms with E-state index in [9.17, 15) is 58.4 Å². The number of piperazine rings is 2. The van der Waals surface area contributed by atoms with E-state index in [4.69, 9.17) is 24.1 Å². The maximum Gasteiger partial charge on any atom is 0.673 e. The fraction of sp³-hybridized carbons (Fsp3) is 0.520. The van der Waals surface area contributed by atoms with Crippen LogP contribution in [0.4, 0.5) is 17.3 Å². The van der Waals surface area contributed by atoms with Gasteiger partial charge in [0.15, 0.2) is 0 Å². The van der Waals surface area contributed by atoms with E-state index in [2.05, 4.69) is 96.1 Å². The molecule has 7 aliphatic heterocycles. The van der Waals surface area contributed by atoms with E-state index in [1.807, 2.05) is 108 Å². The summed E-state index contributed by atoms with van der Waals surface area (Å²) < 4.78 is 121. The van der Waals surface area contributed by atoms with Crippen molar-refractivity contribution in [2.45, 2.75) is 216 Å². The minimum atomic E-state index is -6.00. The quantitative estimate of drug-likeness (QED) is 0.0216. The van der Waals surface area contributed by atoms with Crippen LogP contribution in [0.15, 0.2) is 109 Å². The number of aromatic nitrogens is 9. The number of allylic oxidation sites excluding steroid dienone is 2. The Morgan fingerprint density at radius 2 is 1.04 bits per heavy atom. The number of hydrogen-bond donors (Lipinski definition) is 4. The van der Waals surface area contributed by atoms with Crippen LogP contribution in [-0.4, -0.2) is 283 Å². The number of methoxy groups -OCH3 is 2. The van der Waals surface area contributed by atoms with Gasteiger partial charge in [-0.2, -0.15) is 10.2 Å². The van der Waals surface area contributed by atoms with Gasteiger partial charge in [0.25, 0.3) is 17.7 Å². The average molecular weight is 1970 g/mol. The van der Waals surface area contributed by atoms with Crippen LogP contribution >= 0.6 is 0 Å². The Balaban J connectivity index is 0.000000147. The van der Waals surface area contributed by atoms with Crippen molar-refractivity contribution in [3.05, 3.63) is 165 Å². The van der Waals surface area contributed by atoms with E-state index in [1.165, 1.54) is 94.3 Å². The third-order valence-electron chi connectivity index (χ3n) is 29.1. The van der Waals surface area contributed by atoms with E-state index < -0.39 is 55.6 Å². The number of amidine groups is 1. The Bertz CT molecular complexity index is 6510. The number of ether oxygens (including phenoxy) is 3. The number of para-hydroxylation sites is 1. The minimum absolute atomic E-state index is 0.0361. The monoisotopic (exact) mass is 1970 g/mol. The molecule has 140 heavy (non-hydrogen) atoms. The van der Waals surface area contributed by atoms with Crippen LogP contribution in [0, 0.1) is 0 Å². The second-order valence-corrected chi connectivity index (χ2v) is 43.9. The highest BCUT2D eigenvalue weighted by Gasteiger charge is 2.41. The zero-order chi connectivity index (χ0) is 99.2. The van der Waals surface area contributed by atoms with Crippen molar-refractivity contribution in [1.29, 1.82) is 0 Å². The number of carboxylic acid groups (broad SMARTS) is 1. The molecule has 3 amide bonds. The summed E-state index contributed by atoms with van der Waals surface area (Å²) in [6.45, 7) is 19.5. The van der Waals surface area contributed by atoms with Gasteiger partial charge < -0.3 is 60.8 Å². The van der Waals surface area contributed by atoms with E-state index in [0.29, 0.717) is 66.1 Å². The Morgan fingerprint density at radius 3 is 1.49 bits per heavy atom. The van der Waals surface area contributed by atoms with E-state index in [-0.39, 0.29) is 29.1 Å². The van der Waals surface area contributed by atoms with Gasteiger partial charge in [-0.15, -0.1) is 5.10 Å². The molecule has 5 aromatic heterocycles. The highest BCUT2D eigenvalue weighted by Crippen LogP contribution is 2.52. The maximum absolute atomic E-state index is 14.7. The second-order valence-electron chi connectivity index (χ2n) is 39.4. The molecule has 38 heteroatoms. The van der Waals surface area contributed by atoms with Crippen molar-refractivity contribution >= 4 is 113 Å². The summed E-state index contributed by atoms with van der Waals surface area (Å²) in [5.74, 6) is -0.242. The van der Waals surface area contributed by atoms with E-state index >= 15 is 0 Å². The Labute approximate surface area is 816 Å². The van der Waals surface area contributed by atoms with Crippen LogP contribution in [0.3, 0.4) is 0 Å². The lowest BCUT2D eigenvalue weighted by Gasteiger charge is -2.37. The molecule has 12 heterocycles. The number of aromatic carboxylic acids is 1. The van der Waals surface area contributed by atoms with Gasteiger partial charge >= 0.3 is 19.2 Å². The molecule has 31 nitrogen and oxygen atoms in total. The van der Waals surface area contributed by atoms with Crippen LogP contribution in [-0.2, 0) is 37.9 Å². The molecule has 0 spiro atoms. The molecule has 752 valence electrons. The number of carbonyl (C=O) groups excluding carboxylic acids is 3. The number of rotatable bonds is 17. The number of hydrogen-bond acceptors (Lipinski definition) is 20. The molecule has 0 radical (unpaired) electrons. The number of amides is 3. The van der Waals surface area contributed by atoms with Gasteiger partial charge in [0, 0.05) is 109 Å². The van der Waals surface area contributed by atoms with Crippen molar-refractivity contribution in [2.75, 3.05) is 128 Å². The number of likely N-dealkylation sites (N-methyl/N-ethyl adjacent to an activating group) is 1. The third kappa shape index (κ3) is 22.7. The predicted octanol–water partition coefficient (Wildman–Crippen LogP) is 15.6. The van der Waals surface area contributed by atoms with Gasteiger partial charge in [0.05, 0.1) is 132 Å². The lowest BCUT2D eigenvalue weighted by atomic mass is 9.81. The number of fused-ring (bicyclic) bond motifs is 13. The number of sulfonamides is 2. The molecule has 4 aliphatic carbocycles. The van der Waals surface area contributed by atoms with E-state index in [1.54, 1.807) is 52.5 Å². The Morgan fingerprint density at radius 1 is 0.557 bits per heavy atom. The first-order valence-corrected chi connectivity index (χ1v) is 52.7. The summed E-state index contributed by atoms with van der Waals surface area (Å²) >= 11 is 0. The first kappa shape index (κ1) is 102. The van der Waals surface area contributed by atoms with Crippen molar-refractivity contribution in [3.8, 4) is 34.0 Å². The molecule has 10 aromatic rings. The van der Waals surface area contributed by atoms with Gasteiger partial charge in [-0.3, -0.25) is 38.4 Å². The summed E-state index contributed by atoms with van der Waals surface area (Å²) in [5, 5.41) is 31.9. The number of morpholine rings is 1. The third-order valence-corrected chi connectivity index (χ3v) is 32.6. The Kier molecular flexibility index (Phi) is 32.0. The second kappa shape index (κ2) is 44.1. The predicted molar refractivity (Wildman–Crippen MR) is 537 cm³/mol. The standard InChI is InChI=1S/C43H52N6O5S.C36H40N4O6S.C11H16N5O.C7H14N2.C5H11NO.BF4/c1-27(2)55(52,53)45-42(50)29-14-16-36-38(23-29)48-25-31(21-30-22-34(54-3)15-17-35(30)41(48)39(36)28-9-5-4-6-10-28)40-37(24-44-49(40)32-11-7-12-32)43(51)47-20-19-46-18-8-13-33(46)26-47;1-21(2)47(44,45)38-35(41)23-12-14-29-31(18-23)39-20-25(33-30(36(42)43)19-37-40(33)26-10-7-11-26)16-24-17-27(46-3)13-15-28(24)34(39)32(29)22-8-5-4-6-9-22;1-14(2)11(15(3)4)17-16-10-8-6-5-7-9(10)12-13-16;1-2-7-6-8-3-5-9(7)4-1;1-6-2-4-7-5-3-6;2-1(3,4)5/h14-17,21-24,27-28,32-33H,4-13,18-20,25-26H2,1-3H3,(H,45,50);12-19,21-22,26H,4-11,20H2,1-3H3,(H,38,41)(H,42,43);5-8H,1-4H3;7-8H,1-6H2;2-5H2,1H3;/q;;+1;;;-1/t33-;;;7-;;/m0..0../s1. The van der Waals surface area contributed by atoms with Gasteiger partial charge in [0.2, 0.25) is 20.0 Å². The summed E-state index contributed by atoms with van der Waals surface area (Å²) in [4.78, 5) is 72.6. The van der Waals surface area contributed by atoms with Crippen LogP contribution in [0.25, 0.3) is 78.7 Å². The van der Waals surface area contributed by atoms with Crippen LogP contribution < -0.4 is 29.1 Å². The van der Waals surface area contributed by atoms with Gasteiger partial charge in [-0.05, 0) is 273 Å². The number of carbonyl (C=O) groups is 4. The molecule has 9 fully saturated rings. The molecule has 5 aromatic carbocycles. The highest BCUT2D eigenvalue weighted by atomic mass is 32.2. The number of halogens is 4. The molecule has 4 saturated carbocycles. The van der Waals surface area contributed by atoms with Gasteiger partial charge in [-0.25, -0.2) is 40.5 Å². The van der Waals surface area contributed by atoms with Gasteiger partial charge in [-0.1, -0.05) is 67.6 Å². The van der Waals surface area contributed by atoms with Crippen molar-refractivity contribution < 1.29 is 82.0 Å². The van der Waals surface area contributed by atoms with Gasteiger partial charge in [0.1, 0.15) is 28.1 Å². The molecule has 5 saturated heterocycles. The summed E-state index contributed by atoms with van der Waals surface area (Å²) in [5.41, 5.74) is 16.5. The zero-order valence-electron chi connectivity index (χ0n) is 82.2. The number of nitrogens with zero attached hydrogens (tertiary/aromatic N) is 15. The number of nitrogens with one attached hydrogen (secondary N) is 3. The van der Waals surface area contributed by atoms with E-state index in [0.717, 1.165) is 237 Å². The Hall–Kier alpha value is -11.3. The SMILES string of the molecule is C1C[C@H]2CNCCN2C1.CN(C)C(On1nnc2ccccc21)=[N+](C)C.CN1CCOCC1.COc1ccc2c(c1)C=C(c1c(C(=O)N3CCN4CCC[C@H]4C3)cnn1C1CCC1)Cn1c-2c(C2CCCCC2)c2ccc(C(=O)NS(=O)(=O)C(C)C)cc21.COc1ccc2c(c1)C=C(c1c(C(=O)O)cnn1C1CCC1)Cn1c-2c(C2CCCCC2)c2ccc(C(=O)NS(=O)(=O)C(C)C)cc21.F[B-](F)(F)F. The molecule has 2 atom stereocenters. The molecular formula is C102H133BF4N18O13S2. The minimum Gasteiger partial charge on any atom is -0.497 e. The maximum atomic E-state index is 14.7. The van der Waals surface area contributed by atoms with Crippen LogP contribution in [0.1, 0.15) is 255 Å². The molecule has 0 bridgehead atoms. The molecular weight excluding hydrogens is 1840 g/mol. The smallest absolute Gasteiger partial charge is 0.497 e. The van der Waals surface area contributed by atoms with Crippen LogP contribution in [0.5, 0.6) is 11.5 Å². The number of benzene rings is 5. The molecule has 0 unspecified atom stereocenters. The molecule has 11 aliphatic rings. The largest absolute Gasteiger partial charge is 0.673 e. The van der Waals surface area contributed by atoms with Crippen molar-refractivity contribution in [3.63, 3.8) is 0 Å². The molecule has 21 rings (SSSR count). The van der Waals surface area contributed by atoms with Crippen molar-refractivity contribution in [1.82, 2.24) is 83.1 Å². The molecule has 4 N–H and O–H groups in total. The van der Waals surface area contributed by atoms with Crippen molar-refractivity contribution in [2.24, 2.45) is 0 Å². The lowest BCUT2D eigenvalue weighted by molar-refractivity contribution is -0.480. The summed E-state index contributed by atoms with van der Waals surface area (Å²) in [6.07, 6.45) is 30.0. The first-order chi connectivity index (χ1) is 67.1. The summed E-state index contributed by atoms with van der Waals surface area (Å²) in [6, 6.07) is 33.3. The summed E-state index contributed by atoms with van der Waals surface area (Å²) in [7, 11) is -0.589. The topological polar surface area (TPSA) is 325 Å². The number of carboxylic acids is 1. The first-order valence-electron chi connectivity index (χ1n) is 49.6. The highest BCUT2D eigenvalue weighted by molar-refractivity contribution is 7.90. The van der Waals surface area contributed by atoms with Crippen LogP contribution in [0.2, 0.25) is 0 Å². The fourth-order valence-corrected chi connectivity index (χ4v) is 22.5. The zero-order valence-corrected chi connectivity index (χ0v) is 83.8. The fourth-order valence-electron chi connectivity index (χ4n) is 21.2.